The fourth-order valence-corrected chi connectivity index (χ4v) is 359. The molecule has 1 aromatic heterocycles. The van der Waals surface area contributed by atoms with Crippen LogP contribution >= 0.6 is 225 Å². The zero-order chi connectivity index (χ0) is 59.9. The standard InChI is InChI=1S/C15H18N4O4S.C15H26O2.C7H14O.H30P28/c1-3-23-14(20)11-12(2)9-10-24(21,22)15-16-17-18-19(15)13-7-5-4-6-8-13;1-6-13(4)14(5)10-8-9-12(3)11-15(16)17-7-2;1-4-6(2)7(3)5-8;1-16(2)23(15)27(24(17(3)4)18(5)6)28(25(19(7)8)20(9)10)26(21(11)12)22(13)14/h4-8,11H,3,9-10H2,1-2H3;8,10-11,13-14H,6-7,9H2,1-5H3;5-7H,4H2,1-3H3;1-15H2/b12-11+;10-8+,12-11+;;/t;13-,14-;6-,7-;/m.00./s1. The van der Waals surface area contributed by atoms with Crippen molar-refractivity contribution in [3.05, 3.63) is 65.8 Å². The number of hydrogen-bond donors (Lipinski definition) is 0. The molecule has 0 saturated heterocycles. The Bertz CT molecular complexity index is 2120. The van der Waals surface area contributed by atoms with E-state index in [4.69, 9.17) is 9.47 Å². The Kier molecular flexibility index (Phi) is 56.3. The number of esters is 2. The Labute approximate surface area is 514 Å². The first-order valence-electron chi connectivity index (χ1n) is 23.3. The minimum absolute atomic E-state index is 0.00189. The summed E-state index contributed by atoms with van der Waals surface area (Å²) in [6, 6.07) is 8.76. The molecule has 40 heteroatoms. The first kappa shape index (κ1) is 87.2. The molecule has 21 atom stereocenters. The third kappa shape index (κ3) is 36.8. The number of nitrogens with zero attached hydrogens (tertiary/aromatic N) is 4. The van der Waals surface area contributed by atoms with Crippen LogP contribution in [-0.2, 0) is 33.7 Å². The van der Waals surface area contributed by atoms with Gasteiger partial charge in [0, 0.05) is 18.1 Å². The zero-order valence-corrected chi connectivity index (χ0v) is 75.3. The van der Waals surface area contributed by atoms with Crippen LogP contribution in [0.4, 0.5) is 0 Å². The maximum Gasteiger partial charge on any atom is 0.330 e. The van der Waals surface area contributed by atoms with Gasteiger partial charge in [-0.2, -0.15) is 4.68 Å². The van der Waals surface area contributed by atoms with Crippen LogP contribution in [0.25, 0.3) is 5.69 Å². The van der Waals surface area contributed by atoms with E-state index in [2.05, 4.69) is 196 Å². The smallest absolute Gasteiger partial charge is 0.330 e. The van der Waals surface area contributed by atoms with Gasteiger partial charge in [-0.15, -0.1) is 134 Å². The maximum absolute atomic E-state index is 12.5. The van der Waals surface area contributed by atoms with Crippen LogP contribution in [0.5, 0.6) is 0 Å². The van der Waals surface area contributed by atoms with Crippen molar-refractivity contribution in [2.45, 2.75) is 100 Å². The lowest BCUT2D eigenvalue weighted by Gasteiger charge is -2.51. The molecular formula is C37H88N4O7P28S. The summed E-state index contributed by atoms with van der Waals surface area (Å²) >= 11 is 0. The van der Waals surface area contributed by atoms with Crippen molar-refractivity contribution in [1.82, 2.24) is 20.2 Å². The minimum Gasteiger partial charge on any atom is -0.463 e. The predicted octanol–water partition coefficient (Wildman–Crippen LogP) is 23.4. The van der Waals surface area contributed by atoms with Crippen molar-refractivity contribution in [3.8, 4) is 5.69 Å². The molecule has 11 nitrogen and oxygen atoms in total. The molecule has 0 bridgehead atoms. The lowest BCUT2D eigenvalue weighted by molar-refractivity contribution is -0.138. The van der Waals surface area contributed by atoms with E-state index in [1.807, 2.05) is 26.8 Å². The molecule has 0 saturated carbocycles. The van der Waals surface area contributed by atoms with Crippen molar-refractivity contribution in [2.75, 3.05) is 19.0 Å². The predicted molar refractivity (Wildman–Crippen MR) is 429 cm³/mol. The molecule has 77 heavy (non-hydrogen) atoms. The van der Waals surface area contributed by atoms with E-state index in [9.17, 15) is 22.8 Å². The van der Waals surface area contributed by atoms with Crippen LogP contribution < -0.4 is 0 Å². The normalized spacial score (nSPS) is 15.0. The summed E-state index contributed by atoms with van der Waals surface area (Å²) in [5.74, 6) is 1.15. The number of para-hydroxylation sites is 1. The SMILES string of the molecule is CCOC(=O)/C=C(\C)C/C=C/[C@H](C)[C@@H](C)CC.CCOC(=O)/C=C(\C)CCS(=O)(=O)c1nnnn1-c1ccccc1.CC[C@H](C)[C@@H](C)C=O.PP(P)P(P)P(P(P(P)P)P(P)P)P(P(P(P)P)P(P)P)P(P(P)P)P(P)P. The van der Waals surface area contributed by atoms with E-state index in [0.29, 0.717) is 35.6 Å². The van der Waals surface area contributed by atoms with Gasteiger partial charge in [0.2, 0.25) is 9.84 Å². The van der Waals surface area contributed by atoms with Gasteiger partial charge in [-0.3, -0.25) is 0 Å². The lowest BCUT2D eigenvalue weighted by atomic mass is 9.93. The highest BCUT2D eigenvalue weighted by Gasteiger charge is 2.49. The Morgan fingerprint density at radius 1 is 0.610 bits per heavy atom. The van der Waals surface area contributed by atoms with E-state index >= 15 is 0 Å². The molecular weight excluding hydrogens is 1510 g/mol. The topological polar surface area (TPSA) is 147 Å². The Balaban J connectivity index is 0. The summed E-state index contributed by atoms with van der Waals surface area (Å²) in [5, 5.41) is 10.6. The summed E-state index contributed by atoms with van der Waals surface area (Å²) in [6.45, 7) is 20.7. The van der Waals surface area contributed by atoms with E-state index in [0.717, 1.165) is 24.7 Å². The van der Waals surface area contributed by atoms with E-state index in [1.165, 1.54) is 17.2 Å². The van der Waals surface area contributed by atoms with Crippen LogP contribution in [0.1, 0.15) is 94.9 Å². The number of rotatable bonds is 29. The van der Waals surface area contributed by atoms with Gasteiger partial charge in [0.15, 0.2) is 0 Å². The number of carbonyl (C=O) groups is 3. The number of ether oxygens (including phenoxy) is 2. The van der Waals surface area contributed by atoms with Crippen LogP contribution in [0, 0.1) is 23.7 Å². The van der Waals surface area contributed by atoms with E-state index in [1.54, 1.807) is 44.2 Å². The molecule has 0 amide bonds. The molecule has 0 aliphatic heterocycles. The second-order valence-electron chi connectivity index (χ2n) is 16.3. The Hall–Kier alpha value is 8.11. The van der Waals surface area contributed by atoms with Crippen molar-refractivity contribution in [2.24, 2.45) is 23.7 Å². The monoisotopic (exact) mass is 1600 g/mol. The third-order valence-corrected chi connectivity index (χ3v) is 196. The molecule has 2 rings (SSSR count). The van der Waals surface area contributed by atoms with Gasteiger partial charge in [-0.05, 0) is 172 Å². The number of sulfone groups is 1. The Morgan fingerprint density at radius 2 is 1.03 bits per heavy atom. The average Bonchev–Trinajstić information content (AvgIpc) is 3.86. The van der Waals surface area contributed by atoms with Crippen LogP contribution in [-0.4, -0.2) is 65.8 Å². The molecule has 0 spiro atoms. The summed E-state index contributed by atoms with van der Waals surface area (Å²) in [5.41, 5.74) is 2.20. The molecule has 2 aromatic rings. The number of tetrazole rings is 1. The Morgan fingerprint density at radius 3 is 1.40 bits per heavy atom. The first-order valence-corrected chi connectivity index (χ1v) is 75.1. The summed E-state index contributed by atoms with van der Waals surface area (Å²) in [7, 11) is 45.3. The molecule has 444 valence electrons. The molecule has 0 radical (unpaired) electrons. The minimum atomic E-state index is -3.70. The first-order chi connectivity index (χ1) is 35.8. The largest absolute Gasteiger partial charge is 0.463 e. The number of carbonyl (C=O) groups excluding carboxylic acids is 3. The average molecular weight is 1600 g/mol. The number of benzene rings is 1. The number of aromatic nitrogens is 4. The lowest BCUT2D eigenvalue weighted by Crippen LogP contribution is -2.14. The molecule has 17 unspecified atom stereocenters. The maximum atomic E-state index is 12.5. The third-order valence-electron chi connectivity index (χ3n) is 10.3. The van der Waals surface area contributed by atoms with Crippen LogP contribution in [0.15, 0.2) is 70.9 Å². The van der Waals surface area contributed by atoms with Crippen molar-refractivity contribution in [3.63, 3.8) is 0 Å². The van der Waals surface area contributed by atoms with Gasteiger partial charge in [-0.1, -0.05) is 101 Å². The highest BCUT2D eigenvalue weighted by molar-refractivity contribution is 9.42. The molecule has 0 fully saturated rings. The molecule has 1 aromatic carbocycles. The highest BCUT2D eigenvalue weighted by atomic mass is 33.5. The van der Waals surface area contributed by atoms with Gasteiger partial charge in [0.25, 0.3) is 5.16 Å². The van der Waals surface area contributed by atoms with E-state index < -0.39 is 15.8 Å². The number of aldehydes is 1. The van der Waals surface area contributed by atoms with Crippen molar-refractivity contribution >= 4 is 253 Å². The highest BCUT2D eigenvalue weighted by Crippen LogP contribution is 3.37. The molecule has 1 heterocycles. The van der Waals surface area contributed by atoms with Crippen LogP contribution in [0.2, 0.25) is 0 Å². The van der Waals surface area contributed by atoms with Gasteiger partial charge in [0.1, 0.15) is 6.29 Å². The van der Waals surface area contributed by atoms with Gasteiger partial charge < -0.3 is 14.3 Å². The number of hydrogen-bond acceptors (Lipinski definition) is 10. The van der Waals surface area contributed by atoms with E-state index in [-0.39, 0.29) is 127 Å². The van der Waals surface area contributed by atoms with Gasteiger partial charge in [0.05, 0.1) is 24.7 Å². The summed E-state index contributed by atoms with van der Waals surface area (Å²) in [4.78, 5) is 32.6. The second-order valence-corrected chi connectivity index (χ2v) is 131. The molecule has 0 aliphatic rings. The molecule has 0 aliphatic carbocycles. The number of allylic oxidation sites excluding steroid dienone is 4. The van der Waals surface area contributed by atoms with Crippen molar-refractivity contribution in [1.29, 1.82) is 0 Å². The molecule has 0 N–H and O–H groups in total. The van der Waals surface area contributed by atoms with Gasteiger partial charge >= 0.3 is 11.9 Å². The summed E-state index contributed by atoms with van der Waals surface area (Å²) < 4.78 is 35.8. The summed E-state index contributed by atoms with van der Waals surface area (Å²) in [6.07, 6.45) is 11.6. The zero-order valence-electron chi connectivity index (χ0n) is 45.6. The van der Waals surface area contributed by atoms with Gasteiger partial charge in [-0.25, -0.2) is 18.0 Å². The fraction of sp³-hybridized carbons (Fsp3) is 0.568. The quantitative estimate of drug-likeness (QED) is 0.0253. The second kappa shape index (κ2) is 49.7. The van der Waals surface area contributed by atoms with Crippen LogP contribution in [0.3, 0.4) is 0 Å². The van der Waals surface area contributed by atoms with Crippen molar-refractivity contribution < 1.29 is 32.3 Å². The fourth-order valence-electron chi connectivity index (χ4n) is 5.38.